The van der Waals surface area contributed by atoms with Crippen LogP contribution in [-0.2, 0) is 25.5 Å². The summed E-state index contributed by atoms with van der Waals surface area (Å²) in [6, 6.07) is 7.18. The number of methoxy groups -OCH3 is 1. The average Bonchev–Trinajstić information content (AvgIpc) is 2.36. The van der Waals surface area contributed by atoms with Crippen molar-refractivity contribution in [2.75, 3.05) is 7.11 Å². The van der Waals surface area contributed by atoms with Gasteiger partial charge in [0, 0.05) is 11.4 Å². The molecule has 0 radical (unpaired) electrons. The molecule has 18 heavy (non-hydrogen) atoms. The number of carbonyl (C=O) groups is 3. The van der Waals surface area contributed by atoms with Crippen LogP contribution in [0.1, 0.15) is 18.4 Å². The Bertz CT molecular complexity index is 468. The first-order valence-corrected chi connectivity index (χ1v) is 5.78. The van der Waals surface area contributed by atoms with Gasteiger partial charge in [0.1, 0.15) is 5.78 Å². The van der Waals surface area contributed by atoms with Gasteiger partial charge in [0.05, 0.1) is 13.5 Å². The maximum atomic E-state index is 11.5. The quantitative estimate of drug-likeness (QED) is 0.450. The second kappa shape index (κ2) is 6.91. The molecule has 0 N–H and O–H groups in total. The number of rotatable bonds is 6. The molecule has 0 spiro atoms. The minimum atomic E-state index is -0.985. The predicted molar refractivity (Wildman–Crippen MR) is 66.4 cm³/mol. The lowest BCUT2D eigenvalue weighted by Gasteiger charge is -2.03. The maximum Gasteiger partial charge on any atom is 0.374 e. The molecule has 96 valence electrons. The Balaban J connectivity index is 2.45. The highest BCUT2D eigenvalue weighted by Crippen LogP contribution is 2.16. The zero-order valence-electron chi connectivity index (χ0n) is 9.94. The number of aryl methyl sites for hydroxylation is 1. The van der Waals surface area contributed by atoms with Gasteiger partial charge in [-0.1, -0.05) is 29.8 Å². The number of halogens is 1. The van der Waals surface area contributed by atoms with Crippen molar-refractivity contribution >= 4 is 29.1 Å². The molecular weight excluding hydrogens is 256 g/mol. The molecule has 0 atom stereocenters. The number of benzene rings is 1. The molecule has 4 nitrogen and oxygen atoms in total. The minimum absolute atomic E-state index is 0.173. The lowest BCUT2D eigenvalue weighted by molar-refractivity contribution is -0.152. The normalized spacial score (nSPS) is 9.89. The molecule has 1 aromatic carbocycles. The third-order valence-electron chi connectivity index (χ3n) is 2.40. The van der Waals surface area contributed by atoms with Crippen molar-refractivity contribution < 1.29 is 19.1 Å². The maximum absolute atomic E-state index is 11.5. The van der Waals surface area contributed by atoms with Crippen LogP contribution in [-0.4, -0.2) is 24.6 Å². The number of carbonyl (C=O) groups excluding carboxylic acids is 3. The minimum Gasteiger partial charge on any atom is -0.463 e. The van der Waals surface area contributed by atoms with Crippen LogP contribution in [0.3, 0.4) is 0 Å². The summed E-state index contributed by atoms with van der Waals surface area (Å²) in [6.07, 6.45) is 0.205. The fourth-order valence-electron chi connectivity index (χ4n) is 1.43. The second-order valence-corrected chi connectivity index (χ2v) is 4.13. The third kappa shape index (κ3) is 4.30. The first kappa shape index (κ1) is 14.4. The number of hydrogen-bond acceptors (Lipinski definition) is 4. The molecule has 0 saturated heterocycles. The SMILES string of the molecule is COC(=O)C(=O)CC(=O)CCc1ccccc1Cl. The van der Waals surface area contributed by atoms with Gasteiger partial charge in [0.25, 0.3) is 0 Å². The Morgan fingerprint density at radius 1 is 1.22 bits per heavy atom. The molecule has 0 aliphatic carbocycles. The molecule has 1 aromatic rings. The van der Waals surface area contributed by atoms with Crippen molar-refractivity contribution in [1.82, 2.24) is 0 Å². The van der Waals surface area contributed by atoms with Gasteiger partial charge < -0.3 is 4.74 Å². The van der Waals surface area contributed by atoms with E-state index in [-0.39, 0.29) is 12.2 Å². The molecule has 0 aliphatic heterocycles. The van der Waals surface area contributed by atoms with E-state index in [4.69, 9.17) is 11.6 Å². The Hall–Kier alpha value is -1.68. The average molecular weight is 269 g/mol. The van der Waals surface area contributed by atoms with E-state index in [9.17, 15) is 14.4 Å². The molecule has 5 heteroatoms. The Labute approximate surface area is 110 Å². The van der Waals surface area contributed by atoms with E-state index in [0.29, 0.717) is 11.4 Å². The highest BCUT2D eigenvalue weighted by atomic mass is 35.5. The van der Waals surface area contributed by atoms with Crippen molar-refractivity contribution in [2.24, 2.45) is 0 Å². The van der Waals surface area contributed by atoms with E-state index >= 15 is 0 Å². The second-order valence-electron chi connectivity index (χ2n) is 3.72. The Morgan fingerprint density at radius 3 is 2.50 bits per heavy atom. The van der Waals surface area contributed by atoms with Gasteiger partial charge in [-0.25, -0.2) is 4.79 Å². The van der Waals surface area contributed by atoms with Crippen molar-refractivity contribution in [3.05, 3.63) is 34.9 Å². The standard InChI is InChI=1S/C13H13ClO4/c1-18-13(17)12(16)8-10(15)7-6-9-4-2-3-5-11(9)14/h2-5H,6-8H2,1H3. The summed E-state index contributed by atoms with van der Waals surface area (Å²) in [4.78, 5) is 33.5. The fourth-order valence-corrected chi connectivity index (χ4v) is 1.66. The van der Waals surface area contributed by atoms with Crippen LogP contribution in [0, 0.1) is 0 Å². The van der Waals surface area contributed by atoms with Crippen molar-refractivity contribution in [3.63, 3.8) is 0 Å². The van der Waals surface area contributed by atoms with E-state index in [1.165, 1.54) is 0 Å². The molecule has 0 aromatic heterocycles. The molecule has 0 unspecified atom stereocenters. The van der Waals surface area contributed by atoms with Gasteiger partial charge in [-0.05, 0) is 18.1 Å². The summed E-state index contributed by atoms with van der Waals surface area (Å²) < 4.78 is 4.23. The van der Waals surface area contributed by atoms with E-state index in [1.807, 2.05) is 12.1 Å². The van der Waals surface area contributed by atoms with E-state index in [2.05, 4.69) is 4.74 Å². The van der Waals surface area contributed by atoms with Crippen molar-refractivity contribution in [2.45, 2.75) is 19.3 Å². The topological polar surface area (TPSA) is 60.4 Å². The lowest BCUT2D eigenvalue weighted by atomic mass is 10.0. The monoisotopic (exact) mass is 268 g/mol. The van der Waals surface area contributed by atoms with Crippen LogP contribution in [0.25, 0.3) is 0 Å². The number of Topliss-reactive ketones (excluding diaryl/α,β-unsaturated/α-hetero) is 2. The number of esters is 1. The highest BCUT2D eigenvalue weighted by molar-refractivity contribution is 6.37. The Morgan fingerprint density at radius 2 is 1.89 bits per heavy atom. The number of ether oxygens (including phenoxy) is 1. The predicted octanol–water partition coefficient (Wildman–Crippen LogP) is 1.97. The largest absolute Gasteiger partial charge is 0.463 e. The summed E-state index contributed by atoms with van der Waals surface area (Å²) >= 11 is 5.93. The van der Waals surface area contributed by atoms with Crippen molar-refractivity contribution in [3.8, 4) is 0 Å². The first-order valence-electron chi connectivity index (χ1n) is 5.41. The van der Waals surface area contributed by atoms with E-state index in [1.54, 1.807) is 12.1 Å². The number of ketones is 2. The van der Waals surface area contributed by atoms with Crippen LogP contribution in [0.5, 0.6) is 0 Å². The summed E-state index contributed by atoms with van der Waals surface area (Å²) in [6.45, 7) is 0. The summed E-state index contributed by atoms with van der Waals surface area (Å²) in [5.74, 6) is -2.10. The molecule has 0 saturated carbocycles. The molecule has 0 bridgehead atoms. The van der Waals surface area contributed by atoms with Gasteiger partial charge in [-0.15, -0.1) is 0 Å². The van der Waals surface area contributed by atoms with E-state index in [0.717, 1.165) is 12.7 Å². The fraction of sp³-hybridized carbons (Fsp3) is 0.308. The highest BCUT2D eigenvalue weighted by Gasteiger charge is 2.18. The van der Waals surface area contributed by atoms with Gasteiger partial charge in [-0.3, -0.25) is 9.59 Å². The molecule has 1 rings (SSSR count). The summed E-state index contributed by atoms with van der Waals surface area (Å²) in [5, 5.41) is 0.588. The van der Waals surface area contributed by atoms with Crippen molar-refractivity contribution in [1.29, 1.82) is 0 Å². The third-order valence-corrected chi connectivity index (χ3v) is 2.77. The molecular formula is C13H13ClO4. The smallest absolute Gasteiger partial charge is 0.374 e. The van der Waals surface area contributed by atoms with Gasteiger partial charge in [0.2, 0.25) is 5.78 Å². The molecule has 0 heterocycles. The van der Waals surface area contributed by atoms with Crippen LogP contribution in [0.15, 0.2) is 24.3 Å². The summed E-state index contributed by atoms with van der Waals surface area (Å²) in [7, 11) is 1.11. The zero-order chi connectivity index (χ0) is 13.5. The van der Waals surface area contributed by atoms with E-state index < -0.39 is 18.2 Å². The number of hydrogen-bond donors (Lipinski definition) is 0. The van der Waals surface area contributed by atoms with Gasteiger partial charge >= 0.3 is 5.97 Å². The molecule has 0 fully saturated rings. The van der Waals surface area contributed by atoms with Crippen LogP contribution >= 0.6 is 11.6 Å². The van der Waals surface area contributed by atoms with Crippen LogP contribution in [0.4, 0.5) is 0 Å². The van der Waals surface area contributed by atoms with Gasteiger partial charge in [0.15, 0.2) is 0 Å². The van der Waals surface area contributed by atoms with Crippen LogP contribution < -0.4 is 0 Å². The first-order chi connectivity index (χ1) is 8.54. The molecule has 0 aliphatic rings. The Kier molecular flexibility index (Phi) is 5.52. The zero-order valence-corrected chi connectivity index (χ0v) is 10.7. The lowest BCUT2D eigenvalue weighted by Crippen LogP contribution is -2.19. The van der Waals surface area contributed by atoms with Crippen LogP contribution in [0.2, 0.25) is 5.02 Å². The molecule has 0 amide bonds. The van der Waals surface area contributed by atoms with Gasteiger partial charge in [-0.2, -0.15) is 0 Å². The summed E-state index contributed by atoms with van der Waals surface area (Å²) in [5.41, 5.74) is 0.845.